The van der Waals surface area contributed by atoms with E-state index in [1.807, 2.05) is 0 Å². The van der Waals surface area contributed by atoms with Crippen LogP contribution in [-0.2, 0) is 25.2 Å². The Bertz CT molecular complexity index is 1170. The third-order valence-electron chi connectivity index (χ3n) is 3.61. The van der Waals surface area contributed by atoms with Gasteiger partial charge in [-0.1, -0.05) is 18.1 Å². The highest BCUT2D eigenvalue weighted by atomic mass is 31.2. The molecule has 0 bridgehead atoms. The maximum Gasteiger partial charge on any atom is 0.459 e. The van der Waals surface area contributed by atoms with Gasteiger partial charge in [-0.2, -0.15) is 5.09 Å². The number of pyridine rings is 1. The van der Waals surface area contributed by atoms with E-state index >= 15 is 0 Å². The number of aromatic nitrogens is 1. The summed E-state index contributed by atoms with van der Waals surface area (Å²) in [5.41, 5.74) is 0.00362. The van der Waals surface area contributed by atoms with Crippen molar-refractivity contribution in [1.29, 1.82) is 0 Å². The number of ether oxygens (including phenoxy) is 1. The molecule has 0 aliphatic heterocycles. The Morgan fingerprint density at radius 2 is 2.00 bits per heavy atom. The molecular formula is C20H25N2O7P. The number of aromatic hydroxyl groups is 1. The van der Waals surface area contributed by atoms with Crippen LogP contribution in [0.3, 0.4) is 0 Å². The van der Waals surface area contributed by atoms with E-state index in [1.165, 1.54) is 20.0 Å². The fourth-order valence-corrected chi connectivity index (χ4v) is 3.57. The van der Waals surface area contributed by atoms with Crippen molar-refractivity contribution >= 4 is 20.0 Å². The summed E-state index contributed by atoms with van der Waals surface area (Å²) in [7, 11) is -4.67. The molecule has 10 heteroatoms. The first-order valence-electron chi connectivity index (χ1n) is 11.3. The van der Waals surface area contributed by atoms with Gasteiger partial charge in [-0.05, 0) is 39.8 Å². The molecule has 0 saturated carbocycles. The molecule has 0 radical (unpaired) electrons. The number of nitrogens with one attached hydrogen (secondary N) is 1. The van der Waals surface area contributed by atoms with Crippen LogP contribution in [0.2, 0.25) is 0 Å². The van der Waals surface area contributed by atoms with E-state index in [0.29, 0.717) is 6.29 Å². The normalized spacial score (nSPS) is 16.4. The van der Waals surface area contributed by atoms with Crippen LogP contribution in [0.1, 0.15) is 49.2 Å². The zero-order valence-electron chi connectivity index (χ0n) is 21.8. The lowest BCUT2D eigenvalue weighted by Crippen LogP contribution is -2.36. The molecular weight excluding hydrogens is 411 g/mol. The fraction of sp³-hybridized carbons (Fsp3) is 0.350. The number of para-hydroxylation sites is 1. The van der Waals surface area contributed by atoms with E-state index < -0.39 is 74.2 Å². The number of nitrogens with zero attached hydrogens (tertiary/aromatic N) is 1. The van der Waals surface area contributed by atoms with Crippen molar-refractivity contribution in [3.05, 3.63) is 53.2 Å². The van der Waals surface area contributed by atoms with E-state index in [2.05, 4.69) is 10.1 Å². The Labute approximate surface area is 182 Å². The molecule has 2 aromatic rings. The third kappa shape index (κ3) is 6.38. The largest absolute Gasteiger partial charge is 0.505 e. The van der Waals surface area contributed by atoms with E-state index in [4.69, 9.17) is 20.6 Å². The van der Waals surface area contributed by atoms with Gasteiger partial charge in [0.2, 0.25) is 0 Å². The summed E-state index contributed by atoms with van der Waals surface area (Å²) in [6.07, 6.45) is 1.05. The van der Waals surface area contributed by atoms with E-state index in [1.54, 1.807) is 13.8 Å². The summed E-state index contributed by atoms with van der Waals surface area (Å²) in [6.45, 7) is 5.33. The molecule has 30 heavy (non-hydrogen) atoms. The average Bonchev–Trinajstić information content (AvgIpc) is 2.79. The van der Waals surface area contributed by atoms with E-state index in [0.717, 1.165) is 0 Å². The predicted molar refractivity (Wildman–Crippen MR) is 109 cm³/mol. The molecule has 2 rings (SSSR count). The molecule has 0 fully saturated rings. The molecule has 1 aromatic heterocycles. The maximum atomic E-state index is 13.6. The Kier molecular flexibility index (Phi) is 5.86. The van der Waals surface area contributed by atoms with Gasteiger partial charge in [-0.15, -0.1) is 0 Å². The quantitative estimate of drug-likeness (QED) is 0.324. The van der Waals surface area contributed by atoms with Crippen LogP contribution in [0.15, 0.2) is 36.4 Å². The smallest absolute Gasteiger partial charge is 0.459 e. The van der Waals surface area contributed by atoms with Gasteiger partial charge in [0.25, 0.3) is 0 Å². The SMILES string of the molecule is [2H]c1c([2H])c([2H])c(OP(=O)(N[C@@H](C)C(=O)OC(C)C)OCc2cnc(C)c(O)c2C=O)c([2H])c1[2H]. The molecule has 0 spiro atoms. The molecule has 2 atom stereocenters. The minimum absolute atomic E-state index is 0.0206. The molecule has 1 aromatic carbocycles. The number of esters is 1. The van der Waals surface area contributed by atoms with Crippen LogP contribution in [-0.4, -0.2) is 34.5 Å². The molecule has 0 aliphatic rings. The van der Waals surface area contributed by atoms with Crippen LogP contribution >= 0.6 is 7.75 Å². The Morgan fingerprint density at radius 3 is 2.60 bits per heavy atom. The molecule has 1 unspecified atom stereocenters. The lowest BCUT2D eigenvalue weighted by atomic mass is 10.1. The van der Waals surface area contributed by atoms with Gasteiger partial charge >= 0.3 is 13.7 Å². The topological polar surface area (TPSA) is 124 Å². The number of aryl methyl sites for hydroxylation is 1. The highest BCUT2D eigenvalue weighted by Crippen LogP contribution is 2.46. The van der Waals surface area contributed by atoms with Crippen molar-refractivity contribution in [2.45, 2.75) is 46.4 Å². The second kappa shape index (κ2) is 10.3. The predicted octanol–water partition coefficient (Wildman–Crippen LogP) is 3.54. The summed E-state index contributed by atoms with van der Waals surface area (Å²) in [5, 5.41) is 12.4. The lowest BCUT2D eigenvalue weighted by molar-refractivity contribution is -0.149. The van der Waals surface area contributed by atoms with Crippen molar-refractivity contribution in [3.8, 4) is 11.5 Å². The third-order valence-corrected chi connectivity index (χ3v) is 5.21. The monoisotopic (exact) mass is 441 g/mol. The highest BCUT2D eigenvalue weighted by molar-refractivity contribution is 7.52. The van der Waals surface area contributed by atoms with Crippen molar-refractivity contribution in [1.82, 2.24) is 10.1 Å². The van der Waals surface area contributed by atoms with Gasteiger partial charge < -0.3 is 14.4 Å². The Morgan fingerprint density at radius 1 is 1.33 bits per heavy atom. The number of hydrogen-bond donors (Lipinski definition) is 2. The van der Waals surface area contributed by atoms with Gasteiger partial charge in [-0.3, -0.25) is 19.1 Å². The molecule has 162 valence electrons. The van der Waals surface area contributed by atoms with Crippen LogP contribution in [0, 0.1) is 6.92 Å². The number of benzene rings is 1. The van der Waals surface area contributed by atoms with E-state index in [9.17, 15) is 19.3 Å². The summed E-state index contributed by atoms with van der Waals surface area (Å²) >= 11 is 0. The van der Waals surface area contributed by atoms with Gasteiger partial charge in [0.05, 0.1) is 30.8 Å². The van der Waals surface area contributed by atoms with Gasteiger partial charge in [0.15, 0.2) is 6.29 Å². The van der Waals surface area contributed by atoms with Crippen LogP contribution in [0.5, 0.6) is 11.5 Å². The fourth-order valence-electron chi connectivity index (χ4n) is 2.17. The first kappa shape index (κ1) is 17.0. The van der Waals surface area contributed by atoms with Gasteiger partial charge in [0.1, 0.15) is 17.5 Å². The summed E-state index contributed by atoms with van der Waals surface area (Å²) < 4.78 is 68.6. The standard InChI is InChI=1S/C20H25N2O7P/c1-13(2)28-20(25)15(4)22-30(26,29-17-8-6-5-7-9-17)27-12-16-10-21-14(3)19(24)18(16)11-23/h5-11,13,15,24H,12H2,1-4H3,(H,22,26)/t15-,30?/m0/s1/i5D,6D,7D,8D,9D. The van der Waals surface area contributed by atoms with Crippen LogP contribution in [0.4, 0.5) is 0 Å². The average molecular weight is 441 g/mol. The minimum atomic E-state index is -4.67. The lowest BCUT2D eigenvalue weighted by Gasteiger charge is -2.23. The summed E-state index contributed by atoms with van der Waals surface area (Å²) in [5.74, 6) is -2.02. The summed E-state index contributed by atoms with van der Waals surface area (Å²) in [4.78, 5) is 27.6. The van der Waals surface area contributed by atoms with Gasteiger partial charge in [0, 0.05) is 11.8 Å². The second-order valence-electron chi connectivity index (χ2n) is 6.40. The molecule has 0 amide bonds. The van der Waals surface area contributed by atoms with Gasteiger partial charge in [-0.25, -0.2) is 4.57 Å². The van der Waals surface area contributed by atoms with Crippen molar-refractivity contribution in [3.63, 3.8) is 0 Å². The Balaban J connectivity index is 2.48. The second-order valence-corrected chi connectivity index (χ2v) is 8.10. The zero-order valence-corrected chi connectivity index (χ0v) is 17.7. The molecule has 1 heterocycles. The molecule has 0 aliphatic carbocycles. The summed E-state index contributed by atoms with van der Waals surface area (Å²) in [6, 6.07) is -5.03. The van der Waals surface area contributed by atoms with E-state index in [-0.39, 0.29) is 16.8 Å². The van der Waals surface area contributed by atoms with Crippen LogP contribution < -0.4 is 9.61 Å². The number of carbonyl (C=O) groups is 2. The highest BCUT2D eigenvalue weighted by Gasteiger charge is 2.33. The number of hydrogen-bond acceptors (Lipinski definition) is 8. The van der Waals surface area contributed by atoms with Crippen molar-refractivity contribution in [2.75, 3.05) is 0 Å². The maximum absolute atomic E-state index is 13.6. The van der Waals surface area contributed by atoms with Crippen molar-refractivity contribution in [2.24, 2.45) is 0 Å². The molecule has 9 nitrogen and oxygen atoms in total. The molecule has 0 saturated heterocycles. The first-order chi connectivity index (χ1) is 16.2. The number of rotatable bonds is 10. The number of aldehydes is 1. The first-order valence-corrected chi connectivity index (χ1v) is 10.4. The minimum Gasteiger partial charge on any atom is -0.505 e. The van der Waals surface area contributed by atoms with Crippen molar-refractivity contribution < 1.29 is 39.9 Å². The van der Waals surface area contributed by atoms with Crippen LogP contribution in [0.25, 0.3) is 0 Å². The number of carbonyl (C=O) groups excluding carboxylic acids is 2. The zero-order chi connectivity index (χ0) is 26.7. The molecule has 2 N–H and O–H groups in total. The Hall–Kier alpha value is -2.74.